The van der Waals surface area contributed by atoms with E-state index in [1.807, 2.05) is 12.3 Å². The fraction of sp³-hybridized carbons (Fsp3) is 0.312. The van der Waals surface area contributed by atoms with Crippen LogP contribution in [0.3, 0.4) is 0 Å². The van der Waals surface area contributed by atoms with Gasteiger partial charge in [0.15, 0.2) is 5.82 Å². The molecule has 0 radical (unpaired) electrons. The van der Waals surface area contributed by atoms with Crippen LogP contribution in [0.2, 0.25) is 0 Å². The lowest BCUT2D eigenvalue weighted by Gasteiger charge is -2.04. The average Bonchev–Trinajstić information content (AvgIpc) is 3.15. The van der Waals surface area contributed by atoms with Crippen LogP contribution in [0, 0.1) is 5.82 Å². The van der Waals surface area contributed by atoms with Gasteiger partial charge in [-0.05, 0) is 19.1 Å². The Morgan fingerprint density at radius 1 is 1.42 bits per heavy atom. The van der Waals surface area contributed by atoms with E-state index < -0.39 is 0 Å². The molecule has 24 heavy (non-hydrogen) atoms. The summed E-state index contributed by atoms with van der Waals surface area (Å²) in [5, 5.41) is 9.12. The maximum absolute atomic E-state index is 13.9. The van der Waals surface area contributed by atoms with E-state index in [9.17, 15) is 9.18 Å². The van der Waals surface area contributed by atoms with E-state index in [0.29, 0.717) is 35.9 Å². The SMILES string of the molecule is CCOCC(=O)NCCc1csc2nc(-c3ccccc3F)nn12. The van der Waals surface area contributed by atoms with E-state index in [1.54, 1.807) is 22.7 Å². The number of fused-ring (bicyclic) bond motifs is 1. The maximum Gasteiger partial charge on any atom is 0.246 e. The molecule has 8 heteroatoms. The third-order valence-corrected chi connectivity index (χ3v) is 4.27. The summed E-state index contributed by atoms with van der Waals surface area (Å²) >= 11 is 1.44. The number of hydrogen-bond acceptors (Lipinski definition) is 5. The molecule has 0 fully saturated rings. The van der Waals surface area contributed by atoms with Crippen LogP contribution < -0.4 is 5.32 Å². The normalized spacial score (nSPS) is 11.1. The van der Waals surface area contributed by atoms with E-state index in [0.717, 1.165) is 5.69 Å². The van der Waals surface area contributed by atoms with Gasteiger partial charge < -0.3 is 10.1 Å². The summed E-state index contributed by atoms with van der Waals surface area (Å²) in [6.07, 6.45) is 0.609. The molecule has 1 amide bonds. The standard InChI is InChI=1S/C16H17FN4O2S/c1-2-23-9-14(22)18-8-7-11-10-24-16-19-15(20-21(11)16)12-5-3-4-6-13(12)17/h3-6,10H,2,7-9H2,1H3,(H,18,22). The van der Waals surface area contributed by atoms with Gasteiger partial charge >= 0.3 is 0 Å². The lowest BCUT2D eigenvalue weighted by atomic mass is 10.2. The molecular formula is C16H17FN4O2S. The molecule has 0 aliphatic carbocycles. The molecule has 1 aromatic carbocycles. The summed E-state index contributed by atoms with van der Waals surface area (Å²) < 4.78 is 20.6. The minimum atomic E-state index is -0.347. The predicted octanol–water partition coefficient (Wildman–Crippen LogP) is 2.29. The fourth-order valence-electron chi connectivity index (χ4n) is 2.23. The van der Waals surface area contributed by atoms with Crippen molar-refractivity contribution < 1.29 is 13.9 Å². The van der Waals surface area contributed by atoms with Gasteiger partial charge in [0.2, 0.25) is 10.9 Å². The average molecular weight is 348 g/mol. The van der Waals surface area contributed by atoms with Gasteiger partial charge in [-0.1, -0.05) is 12.1 Å². The van der Waals surface area contributed by atoms with E-state index in [1.165, 1.54) is 17.4 Å². The van der Waals surface area contributed by atoms with Crippen LogP contribution in [0.4, 0.5) is 4.39 Å². The number of carbonyl (C=O) groups is 1. The van der Waals surface area contributed by atoms with Crippen LogP contribution in [0.1, 0.15) is 12.6 Å². The quantitative estimate of drug-likeness (QED) is 0.711. The zero-order chi connectivity index (χ0) is 16.9. The first-order valence-electron chi connectivity index (χ1n) is 7.61. The van der Waals surface area contributed by atoms with E-state index in [2.05, 4.69) is 15.4 Å². The molecule has 1 N–H and O–H groups in total. The third kappa shape index (κ3) is 3.60. The Hall–Kier alpha value is -2.32. The number of ether oxygens (including phenoxy) is 1. The summed E-state index contributed by atoms with van der Waals surface area (Å²) in [6.45, 7) is 2.90. The first-order chi connectivity index (χ1) is 11.7. The molecule has 0 aliphatic rings. The van der Waals surface area contributed by atoms with Crippen molar-refractivity contribution in [1.29, 1.82) is 0 Å². The van der Waals surface area contributed by atoms with Gasteiger partial charge in [-0.25, -0.2) is 8.91 Å². The van der Waals surface area contributed by atoms with Crippen LogP contribution in [0.25, 0.3) is 16.3 Å². The molecule has 0 atom stereocenters. The monoisotopic (exact) mass is 348 g/mol. The van der Waals surface area contributed by atoms with Crippen molar-refractivity contribution in [2.75, 3.05) is 19.8 Å². The zero-order valence-corrected chi connectivity index (χ0v) is 14.0. The smallest absolute Gasteiger partial charge is 0.246 e. The van der Waals surface area contributed by atoms with Gasteiger partial charge in [0.25, 0.3) is 0 Å². The summed E-state index contributed by atoms with van der Waals surface area (Å²) in [7, 11) is 0. The molecule has 3 aromatic rings. The Labute approximate surface area is 142 Å². The Morgan fingerprint density at radius 3 is 3.04 bits per heavy atom. The number of aromatic nitrogens is 3. The van der Waals surface area contributed by atoms with Crippen LogP contribution in [-0.2, 0) is 16.0 Å². The lowest BCUT2D eigenvalue weighted by Crippen LogP contribution is -2.29. The van der Waals surface area contributed by atoms with Crippen molar-refractivity contribution >= 4 is 22.2 Å². The highest BCUT2D eigenvalue weighted by molar-refractivity contribution is 7.15. The molecule has 0 unspecified atom stereocenters. The first-order valence-corrected chi connectivity index (χ1v) is 8.49. The zero-order valence-electron chi connectivity index (χ0n) is 13.2. The largest absolute Gasteiger partial charge is 0.372 e. The molecule has 6 nitrogen and oxygen atoms in total. The van der Waals surface area contributed by atoms with Gasteiger partial charge in [-0.15, -0.1) is 16.4 Å². The number of nitrogens with one attached hydrogen (secondary N) is 1. The highest BCUT2D eigenvalue weighted by Gasteiger charge is 2.14. The van der Waals surface area contributed by atoms with Gasteiger partial charge in [0.1, 0.15) is 12.4 Å². The molecular weight excluding hydrogens is 331 g/mol. The van der Waals surface area contributed by atoms with Crippen molar-refractivity contribution in [2.45, 2.75) is 13.3 Å². The summed E-state index contributed by atoms with van der Waals surface area (Å²) in [6, 6.07) is 6.43. The van der Waals surface area contributed by atoms with E-state index in [-0.39, 0.29) is 18.3 Å². The van der Waals surface area contributed by atoms with Crippen LogP contribution in [-0.4, -0.2) is 40.3 Å². The highest BCUT2D eigenvalue weighted by atomic mass is 32.1. The minimum Gasteiger partial charge on any atom is -0.372 e. The molecule has 3 rings (SSSR count). The second-order valence-corrected chi connectivity index (χ2v) is 5.91. The lowest BCUT2D eigenvalue weighted by molar-refractivity contribution is -0.125. The van der Waals surface area contributed by atoms with Gasteiger partial charge in [-0.3, -0.25) is 4.79 Å². The Bertz CT molecular complexity index is 846. The van der Waals surface area contributed by atoms with Gasteiger partial charge in [0.05, 0.1) is 11.3 Å². The Kier molecular flexibility index (Phi) is 5.17. The Balaban J connectivity index is 1.70. The predicted molar refractivity (Wildman–Crippen MR) is 89.5 cm³/mol. The molecule has 0 spiro atoms. The summed E-state index contributed by atoms with van der Waals surface area (Å²) in [4.78, 5) is 16.6. The highest BCUT2D eigenvalue weighted by Crippen LogP contribution is 2.23. The van der Waals surface area contributed by atoms with Crippen molar-refractivity contribution in [2.24, 2.45) is 0 Å². The molecule has 0 bridgehead atoms. The van der Waals surface area contributed by atoms with Crippen LogP contribution in [0.15, 0.2) is 29.6 Å². The molecule has 2 heterocycles. The molecule has 2 aromatic heterocycles. The topological polar surface area (TPSA) is 68.5 Å². The molecule has 0 saturated carbocycles. The van der Waals surface area contributed by atoms with Gasteiger partial charge in [-0.2, -0.15) is 4.98 Å². The van der Waals surface area contributed by atoms with E-state index in [4.69, 9.17) is 4.74 Å². The first kappa shape index (κ1) is 16.5. The van der Waals surface area contributed by atoms with E-state index >= 15 is 0 Å². The molecule has 126 valence electrons. The van der Waals surface area contributed by atoms with Crippen LogP contribution in [0.5, 0.6) is 0 Å². The number of nitrogens with zero attached hydrogens (tertiary/aromatic N) is 3. The van der Waals surface area contributed by atoms with Crippen LogP contribution >= 0.6 is 11.3 Å². The number of benzene rings is 1. The minimum absolute atomic E-state index is 0.0658. The second-order valence-electron chi connectivity index (χ2n) is 5.07. The maximum atomic E-state index is 13.9. The number of halogens is 1. The fourth-order valence-corrected chi connectivity index (χ4v) is 3.09. The van der Waals surface area contributed by atoms with Gasteiger partial charge in [0, 0.05) is 25.0 Å². The molecule has 0 saturated heterocycles. The number of amides is 1. The van der Waals surface area contributed by atoms with Crippen molar-refractivity contribution in [1.82, 2.24) is 19.9 Å². The number of thiazole rings is 1. The van der Waals surface area contributed by atoms with Crippen molar-refractivity contribution in [3.05, 3.63) is 41.2 Å². The second kappa shape index (κ2) is 7.50. The summed E-state index contributed by atoms with van der Waals surface area (Å²) in [5.41, 5.74) is 1.30. The van der Waals surface area contributed by atoms with Crippen molar-refractivity contribution in [3.63, 3.8) is 0 Å². The molecule has 0 aliphatic heterocycles. The number of hydrogen-bond donors (Lipinski definition) is 1. The summed E-state index contributed by atoms with van der Waals surface area (Å²) in [5.74, 6) is -0.129. The number of rotatable bonds is 7. The van der Waals surface area contributed by atoms with Crippen molar-refractivity contribution in [3.8, 4) is 11.4 Å². The number of carbonyl (C=O) groups excluding carboxylic acids is 1. The Morgan fingerprint density at radius 2 is 2.25 bits per heavy atom. The third-order valence-electron chi connectivity index (χ3n) is 3.41.